The van der Waals surface area contributed by atoms with Crippen LogP contribution in [0.4, 0.5) is 0 Å². The van der Waals surface area contributed by atoms with Crippen molar-refractivity contribution in [1.29, 1.82) is 5.26 Å². The van der Waals surface area contributed by atoms with E-state index in [1.165, 1.54) is 40.9 Å². The van der Waals surface area contributed by atoms with Crippen LogP contribution in [0.5, 0.6) is 0 Å². The predicted octanol–water partition coefficient (Wildman–Crippen LogP) is 4.45. The van der Waals surface area contributed by atoms with Gasteiger partial charge in [-0.25, -0.2) is 19.7 Å². The first kappa shape index (κ1) is 19.2. The van der Waals surface area contributed by atoms with E-state index in [0.29, 0.717) is 38.3 Å². The number of rotatable bonds is 5. The van der Waals surface area contributed by atoms with Crippen LogP contribution in [0.25, 0.3) is 22.2 Å². The Morgan fingerprint density at radius 3 is 2.90 bits per heavy atom. The summed E-state index contributed by atoms with van der Waals surface area (Å²) in [6.45, 7) is 0. The molecule has 6 nitrogen and oxygen atoms in total. The van der Waals surface area contributed by atoms with E-state index < -0.39 is 5.63 Å². The molecule has 0 N–H and O–H groups in total. The van der Waals surface area contributed by atoms with Gasteiger partial charge in [-0.3, -0.25) is 0 Å². The van der Waals surface area contributed by atoms with Gasteiger partial charge >= 0.3 is 5.63 Å². The summed E-state index contributed by atoms with van der Waals surface area (Å²) in [6, 6.07) is 10.5. The number of hydrogen-bond acceptors (Lipinski definition) is 9. The molecule has 0 aliphatic rings. The lowest BCUT2D eigenvalue weighted by Crippen LogP contribution is -2.00. The third-order valence-electron chi connectivity index (χ3n) is 3.74. The van der Waals surface area contributed by atoms with Crippen molar-refractivity contribution in [3.8, 4) is 29.7 Å². The normalized spacial score (nSPS) is 10.6. The van der Waals surface area contributed by atoms with Gasteiger partial charge in [-0.1, -0.05) is 17.7 Å². The Morgan fingerprint density at radius 1 is 1.24 bits per heavy atom. The van der Waals surface area contributed by atoms with E-state index in [9.17, 15) is 10.1 Å². The smallest absolute Gasteiger partial charge is 0.336 e. The molecule has 0 fully saturated rings. The monoisotopic (exact) mass is 434 g/mol. The number of nitriles is 1. The molecule has 3 heterocycles. The highest BCUT2D eigenvalue weighted by Crippen LogP contribution is 2.36. The molecule has 0 aliphatic heterocycles. The third-order valence-corrected chi connectivity index (χ3v) is 6.36. The molecule has 1 aromatic carbocycles. The number of fused-ring (bicyclic) bond motifs is 1. The summed E-state index contributed by atoms with van der Waals surface area (Å²) in [4.78, 5) is 24.8. The first-order chi connectivity index (χ1) is 14.2. The highest BCUT2D eigenvalue weighted by atomic mass is 32.2. The van der Waals surface area contributed by atoms with Gasteiger partial charge in [0.15, 0.2) is 9.50 Å². The summed E-state index contributed by atoms with van der Waals surface area (Å²) in [5.41, 5.74) is 1.61. The van der Waals surface area contributed by atoms with Gasteiger partial charge in [-0.05, 0) is 36.0 Å². The number of thioether (sulfide) groups is 1. The van der Waals surface area contributed by atoms with Crippen molar-refractivity contribution < 1.29 is 4.42 Å². The number of terminal acetylenes is 1. The van der Waals surface area contributed by atoms with Crippen LogP contribution in [-0.2, 0) is 0 Å². The molecule has 0 amide bonds. The molecule has 4 rings (SSSR count). The van der Waals surface area contributed by atoms with E-state index in [1.54, 1.807) is 24.4 Å². The largest absolute Gasteiger partial charge is 0.423 e. The molecule has 0 radical (unpaired) electrons. The maximum atomic E-state index is 11.4. The third kappa shape index (κ3) is 4.17. The molecule has 0 atom stereocenters. The van der Waals surface area contributed by atoms with Gasteiger partial charge in [0, 0.05) is 28.6 Å². The van der Waals surface area contributed by atoms with Gasteiger partial charge in [0.05, 0.1) is 11.4 Å². The van der Waals surface area contributed by atoms with E-state index in [2.05, 4.69) is 26.9 Å². The van der Waals surface area contributed by atoms with Crippen LogP contribution in [0.15, 0.2) is 65.6 Å². The molecule has 3 aromatic heterocycles. The minimum Gasteiger partial charge on any atom is -0.423 e. The summed E-state index contributed by atoms with van der Waals surface area (Å²) in [5.74, 6) is 2.97. The van der Waals surface area contributed by atoms with Gasteiger partial charge in [-0.2, -0.15) is 5.26 Å². The van der Waals surface area contributed by atoms with Crippen LogP contribution < -0.4 is 5.63 Å². The Bertz CT molecular complexity index is 1330. The van der Waals surface area contributed by atoms with Crippen molar-refractivity contribution in [2.75, 3.05) is 5.75 Å². The lowest BCUT2D eigenvalue weighted by Gasteiger charge is -2.10. The first-order valence-electron chi connectivity index (χ1n) is 8.18. The Hall–Kier alpha value is -3.11. The summed E-state index contributed by atoms with van der Waals surface area (Å²) in [6.07, 6.45) is 7.08. The molecular formula is C20H10N4O2S3. The van der Waals surface area contributed by atoms with Gasteiger partial charge in [0.25, 0.3) is 0 Å². The second-order valence-electron chi connectivity index (χ2n) is 5.55. The maximum absolute atomic E-state index is 11.4. The molecule has 4 aromatic rings. The van der Waals surface area contributed by atoms with Crippen LogP contribution in [0.2, 0.25) is 0 Å². The number of nitrogens with zero attached hydrogens (tertiary/aromatic N) is 4. The van der Waals surface area contributed by atoms with Crippen LogP contribution in [0.3, 0.4) is 0 Å². The standard InChI is InChI=1S/C20H10N4O2S3/c1-2-8-27-19-23-17(13-3-5-15-12(10-13)4-6-16(25)26-15)14(11-21)18(24-19)29-20-22-7-9-28-20/h1,3-7,9-10H,8H2. The Balaban J connectivity index is 1.88. The summed E-state index contributed by atoms with van der Waals surface area (Å²) < 4.78 is 5.97. The Kier molecular flexibility index (Phi) is 5.63. The second kappa shape index (κ2) is 8.50. The van der Waals surface area contributed by atoms with Crippen LogP contribution >= 0.6 is 34.9 Å². The van der Waals surface area contributed by atoms with Gasteiger partial charge in [0.2, 0.25) is 0 Å². The maximum Gasteiger partial charge on any atom is 0.336 e. The highest BCUT2D eigenvalue weighted by molar-refractivity contribution is 8.01. The van der Waals surface area contributed by atoms with Crippen molar-refractivity contribution >= 4 is 45.8 Å². The van der Waals surface area contributed by atoms with Crippen molar-refractivity contribution in [2.45, 2.75) is 14.5 Å². The van der Waals surface area contributed by atoms with E-state index in [0.717, 1.165) is 9.73 Å². The summed E-state index contributed by atoms with van der Waals surface area (Å²) >= 11 is 4.11. The van der Waals surface area contributed by atoms with Crippen molar-refractivity contribution in [2.24, 2.45) is 0 Å². The zero-order valence-corrected chi connectivity index (χ0v) is 17.1. The predicted molar refractivity (Wildman–Crippen MR) is 114 cm³/mol. The van der Waals surface area contributed by atoms with Gasteiger partial charge in [-0.15, -0.1) is 17.8 Å². The number of thiazole rings is 1. The zero-order chi connectivity index (χ0) is 20.2. The first-order valence-corrected chi connectivity index (χ1v) is 10.9. The van der Waals surface area contributed by atoms with Crippen LogP contribution in [-0.4, -0.2) is 20.7 Å². The summed E-state index contributed by atoms with van der Waals surface area (Å²) in [5, 5.41) is 13.4. The van der Waals surface area contributed by atoms with Gasteiger partial charge in [0.1, 0.15) is 22.2 Å². The SMILES string of the molecule is C#CCSc1nc(Sc2nccs2)c(C#N)c(-c2ccc3oc(=O)ccc3c2)n1. The fourth-order valence-electron chi connectivity index (χ4n) is 2.54. The lowest BCUT2D eigenvalue weighted by atomic mass is 10.1. The highest BCUT2D eigenvalue weighted by Gasteiger charge is 2.18. The van der Waals surface area contributed by atoms with Crippen molar-refractivity contribution in [1.82, 2.24) is 15.0 Å². The zero-order valence-electron chi connectivity index (χ0n) is 14.7. The van der Waals surface area contributed by atoms with Gasteiger partial charge < -0.3 is 4.42 Å². The fourth-order valence-corrected chi connectivity index (χ4v) is 4.73. The molecule has 29 heavy (non-hydrogen) atoms. The Labute approximate surface area is 178 Å². The average molecular weight is 435 g/mol. The molecular weight excluding hydrogens is 424 g/mol. The quantitative estimate of drug-likeness (QED) is 0.149. The number of benzene rings is 1. The molecule has 140 valence electrons. The molecule has 0 saturated carbocycles. The van der Waals surface area contributed by atoms with Crippen LogP contribution in [0, 0.1) is 23.7 Å². The molecule has 0 unspecified atom stereocenters. The molecule has 0 bridgehead atoms. The second-order valence-corrected chi connectivity index (χ2v) is 8.62. The van der Waals surface area contributed by atoms with Crippen LogP contribution in [0.1, 0.15) is 5.56 Å². The fraction of sp³-hybridized carbons (Fsp3) is 0.0500. The minimum atomic E-state index is -0.417. The van der Waals surface area contributed by atoms with E-state index in [1.807, 2.05) is 11.4 Å². The van der Waals surface area contributed by atoms with Crippen molar-refractivity contribution in [3.63, 3.8) is 0 Å². The number of hydrogen-bond donors (Lipinski definition) is 0. The average Bonchev–Trinajstić information content (AvgIpc) is 3.24. The Morgan fingerprint density at radius 2 is 2.14 bits per heavy atom. The molecule has 0 aliphatic carbocycles. The molecule has 9 heteroatoms. The minimum absolute atomic E-state index is 0.354. The van der Waals surface area contributed by atoms with E-state index in [4.69, 9.17) is 10.8 Å². The van der Waals surface area contributed by atoms with Crippen molar-refractivity contribution in [3.05, 3.63) is 57.9 Å². The van der Waals surface area contributed by atoms with E-state index >= 15 is 0 Å². The topological polar surface area (TPSA) is 92.7 Å². The number of aromatic nitrogens is 3. The molecule has 0 spiro atoms. The molecule has 0 saturated heterocycles. The lowest BCUT2D eigenvalue weighted by molar-refractivity contribution is 0.561. The summed E-state index contributed by atoms with van der Waals surface area (Å²) in [7, 11) is 0. The van der Waals surface area contributed by atoms with E-state index in [-0.39, 0.29) is 0 Å².